The van der Waals surface area contributed by atoms with E-state index in [1.807, 2.05) is 18.2 Å². The summed E-state index contributed by atoms with van der Waals surface area (Å²) in [4.78, 5) is 33.3. The summed E-state index contributed by atoms with van der Waals surface area (Å²) in [5, 5.41) is 0.251. The summed E-state index contributed by atoms with van der Waals surface area (Å²) in [6.45, 7) is 1.40. The highest BCUT2D eigenvalue weighted by atomic mass is 32.1. The molecule has 4 N–H and O–H groups in total. The molecule has 2 aromatic rings. The normalized spacial score (nSPS) is 16.1. The van der Waals surface area contributed by atoms with Crippen molar-refractivity contribution in [3.05, 3.63) is 45.4 Å². The molecule has 1 aromatic carbocycles. The zero-order valence-electron chi connectivity index (χ0n) is 15.3. The van der Waals surface area contributed by atoms with E-state index in [0.29, 0.717) is 31.8 Å². The minimum Gasteiger partial charge on any atom is -0.398 e. The standard InChI is InChI=1S/C18H23N5O3S/c1-22(9-10-26-2)18(25)23-8-7-13-15(27-17(21-13)16(20)24)14(23)11-5-3-4-6-12(11)19/h3-6,14H,7-10,19H2,1-2H3,(H2,20,24). The van der Waals surface area contributed by atoms with Gasteiger partial charge in [-0.1, -0.05) is 18.2 Å². The van der Waals surface area contributed by atoms with Crippen molar-refractivity contribution in [1.29, 1.82) is 0 Å². The van der Waals surface area contributed by atoms with Crippen molar-refractivity contribution >= 4 is 29.0 Å². The SMILES string of the molecule is COCCN(C)C(=O)N1CCc2nc(C(N)=O)sc2C1c1ccccc1N. The van der Waals surface area contributed by atoms with Crippen LogP contribution in [-0.4, -0.2) is 60.6 Å². The van der Waals surface area contributed by atoms with Gasteiger partial charge in [0.1, 0.15) is 0 Å². The number of fused-ring (bicyclic) bond motifs is 1. The molecule has 3 amide bonds. The number of rotatable bonds is 5. The van der Waals surface area contributed by atoms with Crippen LogP contribution in [0, 0.1) is 0 Å². The lowest BCUT2D eigenvalue weighted by Crippen LogP contribution is -2.47. The van der Waals surface area contributed by atoms with Gasteiger partial charge in [0.15, 0.2) is 5.01 Å². The second-order valence-corrected chi connectivity index (χ2v) is 7.40. The number of urea groups is 1. The van der Waals surface area contributed by atoms with Gasteiger partial charge in [0, 0.05) is 44.9 Å². The molecule has 0 fully saturated rings. The maximum atomic E-state index is 13.1. The summed E-state index contributed by atoms with van der Waals surface area (Å²) >= 11 is 1.23. The van der Waals surface area contributed by atoms with Gasteiger partial charge in [-0.2, -0.15) is 0 Å². The van der Waals surface area contributed by atoms with Crippen molar-refractivity contribution in [3.63, 3.8) is 0 Å². The van der Waals surface area contributed by atoms with Gasteiger partial charge in [0.25, 0.3) is 5.91 Å². The Kier molecular flexibility index (Phi) is 5.62. The molecule has 1 aromatic heterocycles. The molecule has 1 aliphatic rings. The van der Waals surface area contributed by atoms with Gasteiger partial charge in [-0.15, -0.1) is 11.3 Å². The fraction of sp³-hybridized carbons (Fsp3) is 0.389. The average molecular weight is 389 g/mol. The van der Waals surface area contributed by atoms with Crippen LogP contribution >= 0.6 is 11.3 Å². The van der Waals surface area contributed by atoms with Gasteiger partial charge >= 0.3 is 6.03 Å². The number of nitrogens with zero attached hydrogens (tertiary/aromatic N) is 3. The molecular formula is C18H23N5O3S. The van der Waals surface area contributed by atoms with Crippen LogP contribution in [0.15, 0.2) is 24.3 Å². The Morgan fingerprint density at radius 1 is 1.41 bits per heavy atom. The highest BCUT2D eigenvalue weighted by molar-refractivity contribution is 7.13. The molecule has 1 unspecified atom stereocenters. The molecule has 3 rings (SSSR count). The smallest absolute Gasteiger partial charge is 0.320 e. The van der Waals surface area contributed by atoms with E-state index in [4.69, 9.17) is 16.2 Å². The molecule has 9 heteroatoms. The third kappa shape index (κ3) is 3.74. The van der Waals surface area contributed by atoms with Crippen LogP contribution in [-0.2, 0) is 11.2 Å². The Morgan fingerprint density at radius 2 is 2.15 bits per heavy atom. The number of thiazole rings is 1. The summed E-state index contributed by atoms with van der Waals surface area (Å²) in [6.07, 6.45) is 0.562. The maximum Gasteiger partial charge on any atom is 0.320 e. The van der Waals surface area contributed by atoms with Crippen molar-refractivity contribution in [2.75, 3.05) is 39.6 Å². The molecule has 1 aliphatic heterocycles. The van der Waals surface area contributed by atoms with Crippen LogP contribution in [0.3, 0.4) is 0 Å². The summed E-state index contributed by atoms with van der Waals surface area (Å²) in [5.74, 6) is -0.565. The molecule has 0 spiro atoms. The van der Waals surface area contributed by atoms with Crippen LogP contribution in [0.4, 0.5) is 10.5 Å². The number of likely N-dealkylation sites (N-methyl/N-ethyl adjacent to an activating group) is 1. The molecule has 0 bridgehead atoms. The molecule has 2 heterocycles. The van der Waals surface area contributed by atoms with E-state index in [0.717, 1.165) is 16.1 Å². The molecule has 144 valence electrons. The molecule has 8 nitrogen and oxygen atoms in total. The van der Waals surface area contributed by atoms with Crippen LogP contribution < -0.4 is 11.5 Å². The number of carbonyl (C=O) groups excluding carboxylic acids is 2. The number of nitrogens with two attached hydrogens (primary N) is 2. The van der Waals surface area contributed by atoms with Crippen LogP contribution in [0.25, 0.3) is 0 Å². The lowest BCUT2D eigenvalue weighted by Gasteiger charge is -2.38. The second-order valence-electron chi connectivity index (χ2n) is 6.37. The molecule has 1 atom stereocenters. The van der Waals surface area contributed by atoms with E-state index in [2.05, 4.69) is 4.98 Å². The van der Waals surface area contributed by atoms with Crippen molar-refractivity contribution in [2.45, 2.75) is 12.5 Å². The van der Waals surface area contributed by atoms with E-state index < -0.39 is 11.9 Å². The van der Waals surface area contributed by atoms with E-state index >= 15 is 0 Å². The first-order valence-electron chi connectivity index (χ1n) is 8.58. The van der Waals surface area contributed by atoms with Crippen molar-refractivity contribution in [3.8, 4) is 0 Å². The van der Waals surface area contributed by atoms with Crippen LogP contribution in [0.5, 0.6) is 0 Å². The number of para-hydroxylation sites is 1. The first-order chi connectivity index (χ1) is 12.9. The van der Waals surface area contributed by atoms with E-state index in [1.54, 1.807) is 30.0 Å². The highest BCUT2D eigenvalue weighted by Gasteiger charge is 2.37. The number of amides is 3. The van der Waals surface area contributed by atoms with Gasteiger partial charge in [-0.05, 0) is 6.07 Å². The molecule has 0 aliphatic carbocycles. The average Bonchev–Trinajstić information content (AvgIpc) is 3.10. The summed E-state index contributed by atoms with van der Waals surface area (Å²) < 4.78 is 5.07. The first-order valence-corrected chi connectivity index (χ1v) is 9.40. The second kappa shape index (κ2) is 7.93. The number of nitrogen functional groups attached to an aromatic ring is 1. The molecule has 0 radical (unpaired) electrons. The van der Waals surface area contributed by atoms with Gasteiger partial charge in [-0.3, -0.25) is 4.79 Å². The first kappa shape index (κ1) is 19.1. The number of aromatic nitrogens is 1. The lowest BCUT2D eigenvalue weighted by atomic mass is 9.96. The number of ether oxygens (including phenoxy) is 1. The quantitative estimate of drug-likeness (QED) is 0.752. The van der Waals surface area contributed by atoms with Crippen molar-refractivity contribution in [1.82, 2.24) is 14.8 Å². The Labute approximate surface area is 161 Å². The number of hydrogen-bond donors (Lipinski definition) is 2. The number of hydrogen-bond acceptors (Lipinski definition) is 6. The van der Waals surface area contributed by atoms with E-state index in [9.17, 15) is 9.59 Å². The minimum atomic E-state index is -0.565. The monoisotopic (exact) mass is 389 g/mol. The lowest BCUT2D eigenvalue weighted by molar-refractivity contribution is 0.0999. The summed E-state index contributed by atoms with van der Waals surface area (Å²) in [5.41, 5.74) is 13.8. The highest BCUT2D eigenvalue weighted by Crippen LogP contribution is 2.41. The zero-order valence-corrected chi connectivity index (χ0v) is 16.2. The Morgan fingerprint density at radius 3 is 2.81 bits per heavy atom. The fourth-order valence-electron chi connectivity index (χ4n) is 3.18. The largest absolute Gasteiger partial charge is 0.398 e. The van der Waals surface area contributed by atoms with Gasteiger partial charge in [0.2, 0.25) is 0 Å². The van der Waals surface area contributed by atoms with Crippen LogP contribution in [0.2, 0.25) is 0 Å². The summed E-state index contributed by atoms with van der Waals surface area (Å²) in [6, 6.07) is 6.90. The van der Waals surface area contributed by atoms with Crippen molar-refractivity contribution in [2.24, 2.45) is 5.73 Å². The Balaban J connectivity index is 2.04. The topological polar surface area (TPSA) is 115 Å². The maximum absolute atomic E-state index is 13.1. The Hall–Kier alpha value is -2.65. The van der Waals surface area contributed by atoms with Crippen LogP contribution in [0.1, 0.15) is 32.0 Å². The van der Waals surface area contributed by atoms with Gasteiger partial charge in [-0.25, -0.2) is 9.78 Å². The van der Waals surface area contributed by atoms with E-state index in [-0.39, 0.29) is 11.0 Å². The Bertz CT molecular complexity index is 853. The molecule has 0 saturated carbocycles. The number of benzene rings is 1. The predicted molar refractivity (Wildman–Crippen MR) is 104 cm³/mol. The predicted octanol–water partition coefficient (Wildman–Crippen LogP) is 1.47. The van der Waals surface area contributed by atoms with E-state index in [1.165, 1.54) is 11.3 Å². The third-order valence-corrected chi connectivity index (χ3v) is 5.75. The summed E-state index contributed by atoms with van der Waals surface area (Å²) in [7, 11) is 3.34. The number of anilines is 1. The molecule has 27 heavy (non-hydrogen) atoms. The minimum absolute atomic E-state index is 0.125. The van der Waals surface area contributed by atoms with Gasteiger partial charge in [0.05, 0.1) is 23.2 Å². The fourth-order valence-corrected chi connectivity index (χ4v) is 4.27. The molecular weight excluding hydrogens is 366 g/mol. The third-order valence-electron chi connectivity index (χ3n) is 4.58. The molecule has 0 saturated heterocycles. The van der Waals surface area contributed by atoms with Gasteiger partial charge < -0.3 is 26.0 Å². The zero-order chi connectivity index (χ0) is 19.6. The number of carbonyl (C=O) groups is 2. The number of primary amides is 1. The number of methoxy groups -OCH3 is 1. The van der Waals surface area contributed by atoms with Crippen molar-refractivity contribution < 1.29 is 14.3 Å².